The van der Waals surface area contributed by atoms with Crippen molar-refractivity contribution < 1.29 is 4.79 Å². The molecule has 4 rings (SSSR count). The molecule has 144 valence electrons. The van der Waals surface area contributed by atoms with E-state index in [1.54, 1.807) is 24.5 Å². The Bertz CT molecular complexity index is 1010. The molecule has 3 aromatic heterocycles. The number of primary amides is 1. The van der Waals surface area contributed by atoms with Crippen molar-refractivity contribution in [3.63, 3.8) is 0 Å². The molecule has 0 aromatic carbocycles. The number of rotatable bonds is 5. The first-order chi connectivity index (χ1) is 13.6. The Morgan fingerprint density at radius 3 is 2.82 bits per heavy atom. The zero-order valence-electron chi connectivity index (χ0n) is 15.4. The van der Waals surface area contributed by atoms with Crippen molar-refractivity contribution in [2.45, 2.75) is 37.8 Å². The highest BCUT2D eigenvalue weighted by Gasteiger charge is 2.22. The quantitative estimate of drug-likeness (QED) is 0.537. The molecule has 0 saturated heterocycles. The molecule has 1 fully saturated rings. The van der Waals surface area contributed by atoms with Crippen LogP contribution in [0, 0.1) is 0 Å². The molecule has 0 radical (unpaired) electrons. The number of fused-ring (bicyclic) bond motifs is 1. The summed E-state index contributed by atoms with van der Waals surface area (Å²) in [6, 6.07) is 9.37. The zero-order valence-corrected chi connectivity index (χ0v) is 15.4. The second-order valence-electron chi connectivity index (χ2n) is 7.06. The Balaban J connectivity index is 1.62. The minimum absolute atomic E-state index is 0.0972. The fourth-order valence-electron chi connectivity index (χ4n) is 3.53. The van der Waals surface area contributed by atoms with Gasteiger partial charge in [0.2, 0.25) is 0 Å². The number of anilines is 3. The minimum atomic E-state index is -0.550. The summed E-state index contributed by atoms with van der Waals surface area (Å²) in [4.78, 5) is 25.0. The summed E-state index contributed by atoms with van der Waals surface area (Å²) in [6.45, 7) is 0. The van der Waals surface area contributed by atoms with Gasteiger partial charge >= 0.3 is 0 Å². The van der Waals surface area contributed by atoms with Gasteiger partial charge in [-0.25, -0.2) is 15.0 Å². The first-order valence-electron chi connectivity index (χ1n) is 9.41. The summed E-state index contributed by atoms with van der Waals surface area (Å²) in [5.41, 5.74) is 13.4. The number of carbonyl (C=O) groups excluding carboxylic acids is 1. The molecule has 8 nitrogen and oxygen atoms in total. The van der Waals surface area contributed by atoms with Crippen molar-refractivity contribution in [2.24, 2.45) is 11.5 Å². The summed E-state index contributed by atoms with van der Waals surface area (Å²) >= 11 is 0. The van der Waals surface area contributed by atoms with Crippen molar-refractivity contribution >= 4 is 34.3 Å². The standard InChI is InChI=1S/C20H23N7O/c21-15-5-1-2-6-16(15)26-17-8-7-14(18(22)28)20(27-17)25-13-10-12-4-3-9-23-19(12)24-11-13/h3-4,7-11,15-16H,1-2,5-6,21H2,(H2,22,28)(H2,25,26,27)/t15-,16+/m0/s1. The van der Waals surface area contributed by atoms with E-state index < -0.39 is 5.91 Å². The van der Waals surface area contributed by atoms with Crippen LogP contribution in [0.5, 0.6) is 0 Å². The largest absolute Gasteiger partial charge is 0.366 e. The summed E-state index contributed by atoms with van der Waals surface area (Å²) in [6.07, 6.45) is 7.65. The Kier molecular flexibility index (Phi) is 5.03. The van der Waals surface area contributed by atoms with Crippen LogP contribution in [0.1, 0.15) is 36.0 Å². The lowest BCUT2D eigenvalue weighted by Crippen LogP contribution is -2.42. The third kappa shape index (κ3) is 3.86. The predicted molar refractivity (Wildman–Crippen MR) is 109 cm³/mol. The normalized spacial score (nSPS) is 19.3. The highest BCUT2D eigenvalue weighted by atomic mass is 16.1. The number of nitrogens with one attached hydrogen (secondary N) is 2. The van der Waals surface area contributed by atoms with Crippen molar-refractivity contribution in [3.8, 4) is 0 Å². The Morgan fingerprint density at radius 2 is 2.00 bits per heavy atom. The van der Waals surface area contributed by atoms with Crippen LogP contribution in [-0.2, 0) is 0 Å². The second-order valence-corrected chi connectivity index (χ2v) is 7.06. The van der Waals surface area contributed by atoms with Gasteiger partial charge in [0.25, 0.3) is 5.91 Å². The average molecular weight is 377 g/mol. The number of nitrogens with zero attached hydrogens (tertiary/aromatic N) is 3. The van der Waals surface area contributed by atoms with Gasteiger partial charge < -0.3 is 22.1 Å². The second kappa shape index (κ2) is 7.77. The highest BCUT2D eigenvalue weighted by molar-refractivity contribution is 5.98. The van der Waals surface area contributed by atoms with Gasteiger partial charge in [-0.3, -0.25) is 4.79 Å². The molecular weight excluding hydrogens is 354 g/mol. The molecule has 1 aliphatic carbocycles. The van der Waals surface area contributed by atoms with Gasteiger partial charge in [0, 0.05) is 23.7 Å². The third-order valence-electron chi connectivity index (χ3n) is 5.03. The van der Waals surface area contributed by atoms with Crippen LogP contribution in [-0.4, -0.2) is 32.9 Å². The Morgan fingerprint density at radius 1 is 1.14 bits per heavy atom. The van der Waals surface area contributed by atoms with E-state index in [9.17, 15) is 4.79 Å². The predicted octanol–water partition coefficient (Wildman–Crippen LogP) is 2.55. The molecule has 3 aromatic rings. The molecule has 0 unspecified atom stereocenters. The zero-order chi connectivity index (χ0) is 19.5. The number of hydrogen-bond donors (Lipinski definition) is 4. The van der Waals surface area contributed by atoms with Crippen LogP contribution in [0.4, 0.5) is 17.3 Å². The SMILES string of the molecule is NC(=O)c1ccc(N[C@@H]2CCCC[C@@H]2N)nc1Nc1cnc2ncccc2c1. The van der Waals surface area contributed by atoms with Gasteiger partial charge in [0.05, 0.1) is 17.4 Å². The first-order valence-corrected chi connectivity index (χ1v) is 9.41. The number of aromatic nitrogens is 3. The Labute approximate surface area is 162 Å². The fourth-order valence-corrected chi connectivity index (χ4v) is 3.53. The number of amides is 1. The van der Waals surface area contributed by atoms with Gasteiger partial charge in [0.15, 0.2) is 5.65 Å². The van der Waals surface area contributed by atoms with E-state index in [0.717, 1.165) is 31.1 Å². The smallest absolute Gasteiger partial charge is 0.252 e. The van der Waals surface area contributed by atoms with E-state index in [4.69, 9.17) is 11.5 Å². The summed E-state index contributed by atoms with van der Waals surface area (Å²) in [7, 11) is 0. The molecule has 0 bridgehead atoms. The molecule has 0 spiro atoms. The molecule has 6 N–H and O–H groups in total. The van der Waals surface area contributed by atoms with Crippen molar-refractivity contribution in [1.29, 1.82) is 0 Å². The van der Waals surface area contributed by atoms with Crippen LogP contribution < -0.4 is 22.1 Å². The lowest BCUT2D eigenvalue weighted by molar-refractivity contribution is 0.100. The molecule has 1 aliphatic rings. The van der Waals surface area contributed by atoms with E-state index >= 15 is 0 Å². The van der Waals surface area contributed by atoms with Gasteiger partial charge in [-0.2, -0.15) is 0 Å². The van der Waals surface area contributed by atoms with Crippen molar-refractivity contribution in [3.05, 3.63) is 48.3 Å². The van der Waals surface area contributed by atoms with Gasteiger partial charge in [-0.05, 0) is 43.2 Å². The van der Waals surface area contributed by atoms with Crippen LogP contribution in [0.3, 0.4) is 0 Å². The maximum Gasteiger partial charge on any atom is 0.252 e. The van der Waals surface area contributed by atoms with E-state index in [-0.39, 0.29) is 12.1 Å². The molecule has 0 aliphatic heterocycles. The molecule has 28 heavy (non-hydrogen) atoms. The van der Waals surface area contributed by atoms with E-state index in [2.05, 4.69) is 25.6 Å². The fraction of sp³-hybridized carbons (Fsp3) is 0.300. The van der Waals surface area contributed by atoms with E-state index in [0.29, 0.717) is 28.5 Å². The van der Waals surface area contributed by atoms with Gasteiger partial charge in [-0.15, -0.1) is 0 Å². The lowest BCUT2D eigenvalue weighted by atomic mass is 9.91. The highest BCUT2D eigenvalue weighted by Crippen LogP contribution is 2.25. The van der Waals surface area contributed by atoms with Crippen molar-refractivity contribution in [1.82, 2.24) is 15.0 Å². The first kappa shape index (κ1) is 18.1. The van der Waals surface area contributed by atoms with Crippen molar-refractivity contribution in [2.75, 3.05) is 10.6 Å². The van der Waals surface area contributed by atoms with Crippen LogP contribution >= 0.6 is 0 Å². The van der Waals surface area contributed by atoms with Gasteiger partial charge in [0.1, 0.15) is 11.6 Å². The molecule has 1 saturated carbocycles. The minimum Gasteiger partial charge on any atom is -0.366 e. The van der Waals surface area contributed by atoms with Crippen LogP contribution in [0.25, 0.3) is 11.0 Å². The molecule has 2 atom stereocenters. The topological polar surface area (TPSA) is 132 Å². The van der Waals surface area contributed by atoms with Crippen LogP contribution in [0.2, 0.25) is 0 Å². The number of carbonyl (C=O) groups is 1. The number of hydrogen-bond acceptors (Lipinski definition) is 7. The monoisotopic (exact) mass is 377 g/mol. The lowest BCUT2D eigenvalue weighted by Gasteiger charge is -2.29. The molecule has 1 amide bonds. The number of nitrogens with two attached hydrogens (primary N) is 2. The molecular formula is C20H23N7O. The van der Waals surface area contributed by atoms with E-state index in [1.807, 2.05) is 18.2 Å². The summed E-state index contributed by atoms with van der Waals surface area (Å²) in [5.74, 6) is 0.489. The van der Waals surface area contributed by atoms with Gasteiger partial charge in [-0.1, -0.05) is 12.8 Å². The average Bonchev–Trinajstić information content (AvgIpc) is 2.70. The number of pyridine rings is 3. The third-order valence-corrected chi connectivity index (χ3v) is 5.03. The Hall–Kier alpha value is -3.26. The summed E-state index contributed by atoms with van der Waals surface area (Å²) in [5, 5.41) is 7.44. The maximum absolute atomic E-state index is 11.9. The van der Waals surface area contributed by atoms with Crippen LogP contribution in [0.15, 0.2) is 42.7 Å². The molecule has 8 heteroatoms. The molecule has 3 heterocycles. The van der Waals surface area contributed by atoms with E-state index in [1.165, 1.54) is 0 Å². The summed E-state index contributed by atoms with van der Waals surface area (Å²) < 4.78 is 0. The maximum atomic E-state index is 11.9.